The molecule has 2 aromatic carbocycles. The van der Waals surface area contributed by atoms with E-state index in [4.69, 9.17) is 11.6 Å². The molecule has 0 unspecified atom stereocenters. The van der Waals surface area contributed by atoms with Crippen LogP contribution < -0.4 is 0 Å². The summed E-state index contributed by atoms with van der Waals surface area (Å²) in [6, 6.07) is 12.0. The molecule has 0 fully saturated rings. The quantitative estimate of drug-likeness (QED) is 0.445. The lowest BCUT2D eigenvalue weighted by molar-refractivity contribution is 0.602. The van der Waals surface area contributed by atoms with Gasteiger partial charge >= 0.3 is 0 Å². The first kappa shape index (κ1) is 18.9. The zero-order valence-corrected chi connectivity index (χ0v) is 17.3. The normalized spacial score (nSPS) is 12.0. The first-order chi connectivity index (χ1) is 13.3. The zero-order chi connectivity index (χ0) is 19.9. The van der Waals surface area contributed by atoms with Gasteiger partial charge in [-0.25, -0.2) is 13.4 Å². The molecule has 2 heterocycles. The maximum Gasteiger partial charge on any atom is 0.175 e. The fourth-order valence-electron chi connectivity index (χ4n) is 2.74. The number of imidazole rings is 1. The number of tetrazole rings is 1. The number of sulfone groups is 1. The summed E-state index contributed by atoms with van der Waals surface area (Å²) >= 11 is 7.54. The van der Waals surface area contributed by atoms with Crippen LogP contribution in [0.25, 0.3) is 16.7 Å². The van der Waals surface area contributed by atoms with Crippen LogP contribution in [0, 0.1) is 0 Å². The summed E-state index contributed by atoms with van der Waals surface area (Å²) in [6.07, 6.45) is 1.17. The van der Waals surface area contributed by atoms with Gasteiger partial charge in [0.2, 0.25) is 0 Å². The molecule has 2 aromatic heterocycles. The average molecular weight is 435 g/mol. The Morgan fingerprint density at radius 1 is 1.14 bits per heavy atom. The van der Waals surface area contributed by atoms with Crippen molar-refractivity contribution >= 4 is 44.2 Å². The first-order valence-corrected chi connectivity index (χ1v) is 11.4. The van der Waals surface area contributed by atoms with E-state index in [9.17, 15) is 8.42 Å². The molecule has 0 bridgehead atoms. The van der Waals surface area contributed by atoms with E-state index in [-0.39, 0.29) is 4.90 Å². The molecule has 0 aliphatic heterocycles. The molecular weight excluding hydrogens is 420 g/mol. The number of thioether (sulfide) groups is 1. The number of rotatable bonds is 5. The number of hydrogen-bond donors (Lipinski definition) is 0. The molecule has 144 valence electrons. The third-order valence-corrected chi connectivity index (χ3v) is 6.57. The number of benzene rings is 2. The molecule has 0 spiro atoms. The topological polar surface area (TPSA) is 95.6 Å². The maximum atomic E-state index is 11.6. The van der Waals surface area contributed by atoms with Crippen molar-refractivity contribution in [2.75, 3.05) is 6.26 Å². The molecule has 0 aliphatic rings. The highest BCUT2D eigenvalue weighted by molar-refractivity contribution is 7.98. The Balaban J connectivity index is 1.58. The number of fused-ring (bicyclic) bond motifs is 1. The first-order valence-electron chi connectivity index (χ1n) is 8.15. The smallest absolute Gasteiger partial charge is 0.175 e. The maximum absolute atomic E-state index is 11.6. The largest absolute Gasteiger partial charge is 0.322 e. The van der Waals surface area contributed by atoms with Crippen molar-refractivity contribution in [1.29, 1.82) is 0 Å². The Kier molecular flexibility index (Phi) is 4.86. The minimum absolute atomic E-state index is 0.249. The van der Waals surface area contributed by atoms with Crippen LogP contribution in [0.1, 0.15) is 5.82 Å². The highest BCUT2D eigenvalue weighted by atomic mass is 35.5. The summed E-state index contributed by atoms with van der Waals surface area (Å²) in [5.41, 5.74) is 2.50. The van der Waals surface area contributed by atoms with Crippen molar-refractivity contribution in [3.05, 3.63) is 53.3 Å². The van der Waals surface area contributed by atoms with Crippen LogP contribution in [0.3, 0.4) is 0 Å². The second kappa shape index (κ2) is 7.19. The van der Waals surface area contributed by atoms with Gasteiger partial charge in [0.15, 0.2) is 20.8 Å². The van der Waals surface area contributed by atoms with Gasteiger partial charge < -0.3 is 4.57 Å². The predicted octanol–water partition coefficient (Wildman–Crippen LogP) is 2.90. The summed E-state index contributed by atoms with van der Waals surface area (Å²) in [5, 5.41) is 13.3. The molecule has 4 aromatic rings. The molecule has 0 atom stereocenters. The highest BCUT2D eigenvalue weighted by Gasteiger charge is 2.14. The molecule has 28 heavy (non-hydrogen) atoms. The lowest BCUT2D eigenvalue weighted by Crippen LogP contribution is -2.04. The van der Waals surface area contributed by atoms with Crippen molar-refractivity contribution in [1.82, 2.24) is 29.8 Å². The Morgan fingerprint density at radius 2 is 1.89 bits per heavy atom. The van der Waals surface area contributed by atoms with Gasteiger partial charge in [-0.15, -0.1) is 5.10 Å². The Labute approximate surface area is 170 Å². The van der Waals surface area contributed by atoms with E-state index in [0.717, 1.165) is 16.2 Å². The lowest BCUT2D eigenvalue weighted by atomic mass is 10.3. The van der Waals surface area contributed by atoms with E-state index >= 15 is 0 Å². The number of hydrogen-bond acceptors (Lipinski definition) is 7. The van der Waals surface area contributed by atoms with E-state index in [1.165, 1.54) is 18.0 Å². The number of nitrogens with zero attached hydrogens (tertiary/aromatic N) is 6. The van der Waals surface area contributed by atoms with Crippen LogP contribution in [-0.2, 0) is 22.6 Å². The van der Waals surface area contributed by atoms with Crippen LogP contribution in [0.5, 0.6) is 0 Å². The summed E-state index contributed by atoms with van der Waals surface area (Å²) in [4.78, 5) is 4.86. The summed E-state index contributed by atoms with van der Waals surface area (Å²) in [5.74, 6) is 1.12. The van der Waals surface area contributed by atoms with E-state index in [0.29, 0.717) is 22.3 Å². The van der Waals surface area contributed by atoms with Crippen LogP contribution in [0.4, 0.5) is 0 Å². The molecule has 0 saturated carbocycles. The summed E-state index contributed by atoms with van der Waals surface area (Å²) < 4.78 is 26.8. The number of aryl methyl sites for hydroxylation is 1. The highest BCUT2D eigenvalue weighted by Crippen LogP contribution is 2.27. The standard InChI is InChI=1S/C17H15ClN6O2S2/c1-23-15-8-3-11(18)9-14(15)19-17(23)27-10-16-20-21-22-24(16)12-4-6-13(7-5-12)28(2,25)26/h3-9H,10H2,1-2H3. The Morgan fingerprint density at radius 3 is 2.61 bits per heavy atom. The van der Waals surface area contributed by atoms with E-state index in [2.05, 4.69) is 20.5 Å². The van der Waals surface area contributed by atoms with Crippen LogP contribution in [0.2, 0.25) is 5.02 Å². The lowest BCUT2D eigenvalue weighted by Gasteiger charge is -2.06. The van der Waals surface area contributed by atoms with Crippen molar-refractivity contribution in [2.45, 2.75) is 15.8 Å². The Hall–Kier alpha value is -2.43. The van der Waals surface area contributed by atoms with Crippen molar-refractivity contribution in [2.24, 2.45) is 7.05 Å². The van der Waals surface area contributed by atoms with Crippen LogP contribution in [0.15, 0.2) is 52.5 Å². The third-order valence-electron chi connectivity index (χ3n) is 4.18. The molecule has 0 aliphatic carbocycles. The van der Waals surface area contributed by atoms with Gasteiger partial charge in [0, 0.05) is 18.3 Å². The Bertz CT molecular complexity index is 1260. The van der Waals surface area contributed by atoms with Gasteiger partial charge in [-0.1, -0.05) is 23.4 Å². The van der Waals surface area contributed by atoms with E-state index < -0.39 is 9.84 Å². The minimum atomic E-state index is -3.25. The van der Waals surface area contributed by atoms with Crippen LogP contribution >= 0.6 is 23.4 Å². The molecule has 0 amide bonds. The molecule has 11 heteroatoms. The third kappa shape index (κ3) is 3.62. The fraction of sp³-hybridized carbons (Fsp3) is 0.176. The van der Waals surface area contributed by atoms with Gasteiger partial charge in [0.1, 0.15) is 0 Å². The molecular formula is C17H15ClN6O2S2. The van der Waals surface area contributed by atoms with Gasteiger partial charge in [0.05, 0.1) is 27.4 Å². The van der Waals surface area contributed by atoms with E-state index in [1.807, 2.05) is 29.8 Å². The second-order valence-corrected chi connectivity index (χ2v) is 9.54. The van der Waals surface area contributed by atoms with Gasteiger partial charge in [0.25, 0.3) is 0 Å². The van der Waals surface area contributed by atoms with E-state index in [1.54, 1.807) is 28.9 Å². The summed E-state index contributed by atoms with van der Waals surface area (Å²) in [6.45, 7) is 0. The van der Waals surface area contributed by atoms with Crippen molar-refractivity contribution in [3.8, 4) is 5.69 Å². The SMILES string of the molecule is Cn1c(SCc2nnnn2-c2ccc(S(C)(=O)=O)cc2)nc2cc(Cl)ccc21. The van der Waals surface area contributed by atoms with Gasteiger partial charge in [-0.2, -0.15) is 4.68 Å². The second-order valence-electron chi connectivity index (χ2n) is 6.15. The molecule has 0 radical (unpaired) electrons. The molecule has 0 N–H and O–H groups in total. The minimum Gasteiger partial charge on any atom is -0.322 e. The molecule has 4 rings (SSSR count). The molecule has 8 nitrogen and oxygen atoms in total. The van der Waals surface area contributed by atoms with Gasteiger partial charge in [-0.05, 0) is 52.9 Å². The van der Waals surface area contributed by atoms with Gasteiger partial charge in [-0.3, -0.25) is 0 Å². The number of aromatic nitrogens is 6. The fourth-order valence-corrected chi connectivity index (χ4v) is 4.43. The zero-order valence-electron chi connectivity index (χ0n) is 14.9. The summed E-state index contributed by atoms with van der Waals surface area (Å²) in [7, 11) is -1.31. The molecule has 0 saturated heterocycles. The predicted molar refractivity (Wildman–Crippen MR) is 108 cm³/mol. The average Bonchev–Trinajstić information content (AvgIpc) is 3.24. The van der Waals surface area contributed by atoms with Crippen molar-refractivity contribution < 1.29 is 8.42 Å². The van der Waals surface area contributed by atoms with Crippen LogP contribution in [-0.4, -0.2) is 44.4 Å². The van der Waals surface area contributed by atoms with Crippen molar-refractivity contribution in [3.63, 3.8) is 0 Å². The number of halogens is 1. The monoisotopic (exact) mass is 434 g/mol.